The molecule has 3 rings (SSSR count). The molecule has 0 aliphatic carbocycles. The van der Waals surface area contributed by atoms with E-state index in [2.05, 4.69) is 47.7 Å². The van der Waals surface area contributed by atoms with Crippen LogP contribution in [0.3, 0.4) is 0 Å². The molecule has 3 atom stereocenters. The Morgan fingerprint density at radius 3 is 2.60 bits per heavy atom. The molecule has 3 heteroatoms. The van der Waals surface area contributed by atoms with Gasteiger partial charge in [0.2, 0.25) is 0 Å². The number of nitrogens with zero attached hydrogens (tertiary/aromatic N) is 3. The quantitative estimate of drug-likeness (QED) is 0.844. The highest BCUT2D eigenvalue weighted by Crippen LogP contribution is 2.33. The van der Waals surface area contributed by atoms with Gasteiger partial charge in [-0.2, -0.15) is 0 Å². The lowest BCUT2D eigenvalue weighted by Crippen LogP contribution is -2.58. The van der Waals surface area contributed by atoms with E-state index < -0.39 is 0 Å². The summed E-state index contributed by atoms with van der Waals surface area (Å²) in [6.45, 7) is 10.9. The van der Waals surface area contributed by atoms with E-state index in [0.717, 1.165) is 6.04 Å². The lowest BCUT2D eigenvalue weighted by molar-refractivity contribution is 0.00403. The van der Waals surface area contributed by atoms with Crippen molar-refractivity contribution in [1.82, 2.24) is 14.8 Å². The van der Waals surface area contributed by atoms with Crippen LogP contribution in [0.15, 0.2) is 24.5 Å². The lowest BCUT2D eigenvalue weighted by atomic mass is 9.94. The molecule has 0 spiro atoms. The van der Waals surface area contributed by atoms with Crippen LogP contribution in [0.5, 0.6) is 0 Å². The molecule has 0 radical (unpaired) electrons. The van der Waals surface area contributed by atoms with Crippen LogP contribution < -0.4 is 0 Å². The second-order valence-electron chi connectivity index (χ2n) is 6.76. The number of piperazine rings is 1. The smallest absolute Gasteiger partial charge is 0.0325 e. The molecule has 110 valence electrons. The third-order valence-electron chi connectivity index (χ3n) is 5.22. The number of fused-ring (bicyclic) bond motifs is 1. The summed E-state index contributed by atoms with van der Waals surface area (Å²) in [5.41, 5.74) is 1.40. The predicted molar refractivity (Wildman–Crippen MR) is 82.6 cm³/mol. The number of aromatic nitrogens is 1. The molecule has 2 aliphatic rings. The van der Waals surface area contributed by atoms with Crippen molar-refractivity contribution in [1.29, 1.82) is 0 Å². The van der Waals surface area contributed by atoms with Gasteiger partial charge in [0.15, 0.2) is 0 Å². The number of pyridine rings is 1. The average Bonchev–Trinajstić information content (AvgIpc) is 2.93. The average molecular weight is 273 g/mol. The van der Waals surface area contributed by atoms with Gasteiger partial charge in [0.25, 0.3) is 0 Å². The molecule has 2 fully saturated rings. The van der Waals surface area contributed by atoms with Crippen molar-refractivity contribution < 1.29 is 0 Å². The van der Waals surface area contributed by atoms with Crippen LogP contribution >= 0.6 is 0 Å². The maximum atomic E-state index is 4.15. The van der Waals surface area contributed by atoms with Gasteiger partial charge in [0.05, 0.1) is 0 Å². The Hall–Kier alpha value is -0.930. The van der Waals surface area contributed by atoms with Gasteiger partial charge in [-0.1, -0.05) is 13.8 Å². The van der Waals surface area contributed by atoms with Gasteiger partial charge >= 0.3 is 0 Å². The van der Waals surface area contributed by atoms with Gasteiger partial charge < -0.3 is 0 Å². The van der Waals surface area contributed by atoms with Gasteiger partial charge in [0, 0.05) is 43.6 Å². The van der Waals surface area contributed by atoms with E-state index in [1.807, 2.05) is 12.4 Å². The molecule has 0 N–H and O–H groups in total. The minimum atomic E-state index is 0.494. The van der Waals surface area contributed by atoms with Gasteiger partial charge in [0.1, 0.15) is 0 Å². The molecular formula is C17H27N3. The normalized spacial score (nSPS) is 29.6. The van der Waals surface area contributed by atoms with Crippen molar-refractivity contribution in [3.8, 4) is 0 Å². The lowest BCUT2D eigenvalue weighted by Gasteiger charge is -2.48. The summed E-state index contributed by atoms with van der Waals surface area (Å²) in [6.07, 6.45) is 6.60. The summed E-state index contributed by atoms with van der Waals surface area (Å²) in [5.74, 6) is 0.709. The Bertz CT molecular complexity index is 431. The summed E-state index contributed by atoms with van der Waals surface area (Å²) >= 11 is 0. The molecule has 2 saturated heterocycles. The first-order valence-corrected chi connectivity index (χ1v) is 8.06. The van der Waals surface area contributed by atoms with Crippen molar-refractivity contribution in [3.63, 3.8) is 0 Å². The minimum Gasteiger partial charge on any atom is -0.298 e. The van der Waals surface area contributed by atoms with Crippen LogP contribution in [0.4, 0.5) is 0 Å². The molecule has 0 aromatic carbocycles. The monoisotopic (exact) mass is 273 g/mol. The zero-order valence-electron chi connectivity index (χ0n) is 13.0. The first kappa shape index (κ1) is 14.0. The molecule has 20 heavy (non-hydrogen) atoms. The highest BCUT2D eigenvalue weighted by Gasteiger charge is 2.39. The molecule has 1 aromatic rings. The number of hydrogen-bond acceptors (Lipinski definition) is 3. The van der Waals surface area contributed by atoms with Crippen molar-refractivity contribution in [2.75, 3.05) is 19.6 Å². The Balaban J connectivity index is 1.81. The molecule has 2 aliphatic heterocycles. The van der Waals surface area contributed by atoms with E-state index in [9.17, 15) is 0 Å². The molecule has 0 saturated carbocycles. The summed E-state index contributed by atoms with van der Waals surface area (Å²) in [5, 5.41) is 0. The van der Waals surface area contributed by atoms with Crippen molar-refractivity contribution in [3.05, 3.63) is 30.1 Å². The van der Waals surface area contributed by atoms with Crippen LogP contribution in [0.1, 0.15) is 45.2 Å². The second kappa shape index (κ2) is 5.82. The van der Waals surface area contributed by atoms with Gasteiger partial charge in [-0.15, -0.1) is 0 Å². The Labute approximate surface area is 123 Å². The van der Waals surface area contributed by atoms with Crippen LogP contribution in [0.25, 0.3) is 0 Å². The predicted octanol–water partition coefficient (Wildman–Crippen LogP) is 2.95. The number of rotatable bonds is 3. The van der Waals surface area contributed by atoms with Crippen molar-refractivity contribution in [2.45, 2.75) is 51.7 Å². The summed E-state index contributed by atoms with van der Waals surface area (Å²) < 4.78 is 0. The fourth-order valence-corrected chi connectivity index (χ4v) is 3.94. The summed E-state index contributed by atoms with van der Waals surface area (Å²) in [7, 11) is 0. The third kappa shape index (κ3) is 2.61. The SMILES string of the molecule is CC(C)C1CN2CCCC2CN1C(C)c1ccncc1. The maximum Gasteiger partial charge on any atom is 0.0325 e. The Morgan fingerprint density at radius 1 is 1.15 bits per heavy atom. The third-order valence-corrected chi connectivity index (χ3v) is 5.22. The van der Waals surface area contributed by atoms with E-state index in [1.54, 1.807) is 0 Å². The van der Waals surface area contributed by atoms with E-state index in [0.29, 0.717) is 18.0 Å². The highest BCUT2D eigenvalue weighted by atomic mass is 15.3. The first-order chi connectivity index (χ1) is 9.66. The van der Waals surface area contributed by atoms with E-state index >= 15 is 0 Å². The molecule has 0 amide bonds. The van der Waals surface area contributed by atoms with Crippen LogP contribution in [-0.4, -0.2) is 46.5 Å². The molecule has 0 bridgehead atoms. The second-order valence-corrected chi connectivity index (χ2v) is 6.76. The van der Waals surface area contributed by atoms with Crippen molar-refractivity contribution in [2.24, 2.45) is 5.92 Å². The zero-order chi connectivity index (χ0) is 14.1. The fourth-order valence-electron chi connectivity index (χ4n) is 3.94. The van der Waals surface area contributed by atoms with Crippen LogP contribution in [0, 0.1) is 5.92 Å². The summed E-state index contributed by atoms with van der Waals surface area (Å²) in [6, 6.07) is 6.29. The highest BCUT2D eigenvalue weighted by molar-refractivity contribution is 5.15. The molecule has 1 aromatic heterocycles. The topological polar surface area (TPSA) is 19.4 Å². The minimum absolute atomic E-state index is 0.494. The fraction of sp³-hybridized carbons (Fsp3) is 0.706. The summed E-state index contributed by atoms with van der Waals surface area (Å²) in [4.78, 5) is 9.62. The zero-order valence-corrected chi connectivity index (χ0v) is 13.0. The first-order valence-electron chi connectivity index (χ1n) is 8.06. The van der Waals surface area contributed by atoms with E-state index in [-0.39, 0.29) is 0 Å². The Kier molecular flexibility index (Phi) is 4.08. The Morgan fingerprint density at radius 2 is 1.90 bits per heavy atom. The van der Waals surface area contributed by atoms with Crippen LogP contribution in [-0.2, 0) is 0 Å². The molecule has 3 nitrogen and oxygen atoms in total. The largest absolute Gasteiger partial charge is 0.298 e. The maximum absolute atomic E-state index is 4.15. The van der Waals surface area contributed by atoms with Gasteiger partial charge in [-0.25, -0.2) is 0 Å². The van der Waals surface area contributed by atoms with Crippen LogP contribution in [0.2, 0.25) is 0 Å². The number of hydrogen-bond donors (Lipinski definition) is 0. The van der Waals surface area contributed by atoms with Gasteiger partial charge in [-0.05, 0) is 49.9 Å². The van der Waals surface area contributed by atoms with Crippen molar-refractivity contribution >= 4 is 0 Å². The molecule has 3 unspecified atom stereocenters. The molecular weight excluding hydrogens is 246 g/mol. The molecule has 3 heterocycles. The standard InChI is InChI=1S/C17H27N3/c1-13(2)17-12-19-10-4-5-16(19)11-20(17)14(3)15-6-8-18-9-7-15/h6-9,13-14,16-17H,4-5,10-12H2,1-3H3. The van der Waals surface area contributed by atoms with E-state index in [4.69, 9.17) is 0 Å². The van der Waals surface area contributed by atoms with Gasteiger partial charge in [-0.3, -0.25) is 14.8 Å². The van der Waals surface area contributed by atoms with E-state index in [1.165, 1.54) is 38.0 Å².